The molecule has 5 heteroatoms. The van der Waals surface area contributed by atoms with E-state index in [9.17, 15) is 14.7 Å². The van der Waals surface area contributed by atoms with Crippen molar-refractivity contribution in [1.82, 2.24) is 0 Å². The number of benzene rings is 3. The number of aromatic carboxylic acids is 1. The molecule has 4 N–H and O–H groups in total. The summed E-state index contributed by atoms with van der Waals surface area (Å²) in [5.41, 5.74) is 6.86. The molecule has 0 fully saturated rings. The van der Waals surface area contributed by atoms with Crippen molar-refractivity contribution >= 4 is 34.0 Å². The Morgan fingerprint density at radius 2 is 1.65 bits per heavy atom. The predicted octanol–water partition coefficient (Wildman–Crippen LogP) is 3.37. The highest BCUT2D eigenvalue weighted by atomic mass is 16.4. The van der Waals surface area contributed by atoms with Gasteiger partial charge in [0.2, 0.25) is 0 Å². The van der Waals surface area contributed by atoms with Gasteiger partial charge in [-0.3, -0.25) is 4.79 Å². The lowest BCUT2D eigenvalue weighted by Crippen LogP contribution is -2.13. The Hall–Kier alpha value is -3.34. The molecule has 114 valence electrons. The number of hydrogen-bond donors (Lipinski definition) is 3. The van der Waals surface area contributed by atoms with Crippen molar-refractivity contribution in [1.29, 1.82) is 0 Å². The Bertz CT molecular complexity index is 905. The van der Waals surface area contributed by atoms with Crippen LogP contribution in [0.1, 0.15) is 20.7 Å². The molecule has 0 heterocycles. The Balaban J connectivity index is 2.13. The molecule has 0 aromatic heterocycles. The summed E-state index contributed by atoms with van der Waals surface area (Å²) in [6, 6.07) is 17.2. The van der Waals surface area contributed by atoms with Gasteiger partial charge in [-0.05, 0) is 29.7 Å². The Kier molecular flexibility index (Phi) is 3.68. The molecule has 0 saturated carbocycles. The van der Waals surface area contributed by atoms with Crippen molar-refractivity contribution in [3.8, 4) is 0 Å². The average molecular weight is 306 g/mol. The lowest BCUT2D eigenvalue weighted by Gasteiger charge is -2.12. The monoisotopic (exact) mass is 306 g/mol. The van der Waals surface area contributed by atoms with Crippen molar-refractivity contribution in [3.63, 3.8) is 0 Å². The van der Waals surface area contributed by atoms with Crippen molar-refractivity contribution in [2.45, 2.75) is 0 Å². The summed E-state index contributed by atoms with van der Waals surface area (Å²) < 4.78 is 0. The number of carbonyl (C=O) groups excluding carboxylic acids is 1. The largest absolute Gasteiger partial charge is 0.478 e. The predicted molar refractivity (Wildman–Crippen MR) is 89.7 cm³/mol. The number of nitrogens with one attached hydrogen (secondary N) is 1. The fraction of sp³-hybridized carbons (Fsp3) is 0. The minimum Gasteiger partial charge on any atom is -0.478 e. The Morgan fingerprint density at radius 1 is 0.913 bits per heavy atom. The maximum absolute atomic E-state index is 12.3. The molecule has 0 radical (unpaired) electrons. The van der Waals surface area contributed by atoms with Gasteiger partial charge in [-0.2, -0.15) is 0 Å². The summed E-state index contributed by atoms with van der Waals surface area (Å²) in [6.45, 7) is 0. The van der Waals surface area contributed by atoms with Gasteiger partial charge < -0.3 is 16.2 Å². The summed E-state index contributed by atoms with van der Waals surface area (Å²) in [7, 11) is 0. The highest BCUT2D eigenvalue weighted by Crippen LogP contribution is 2.31. The van der Waals surface area contributed by atoms with Gasteiger partial charge in [0, 0.05) is 22.3 Å². The number of rotatable bonds is 3. The minimum atomic E-state index is -1.13. The van der Waals surface area contributed by atoms with Crippen LogP contribution in [-0.2, 0) is 0 Å². The van der Waals surface area contributed by atoms with E-state index >= 15 is 0 Å². The van der Waals surface area contributed by atoms with Crippen LogP contribution in [0.15, 0.2) is 60.7 Å². The van der Waals surface area contributed by atoms with Crippen LogP contribution < -0.4 is 11.1 Å². The molecule has 0 unspecified atom stereocenters. The molecule has 3 rings (SSSR count). The third-order valence-corrected chi connectivity index (χ3v) is 3.58. The van der Waals surface area contributed by atoms with Crippen molar-refractivity contribution < 1.29 is 14.7 Å². The quantitative estimate of drug-likeness (QED) is 0.647. The SMILES string of the molecule is Nc1ccc2cccc(NC(=O)c3ccccc3)c2c1C(=O)O. The van der Waals surface area contributed by atoms with Crippen molar-refractivity contribution in [2.24, 2.45) is 0 Å². The van der Waals surface area contributed by atoms with E-state index in [2.05, 4.69) is 5.32 Å². The molecule has 0 spiro atoms. The number of hydrogen-bond acceptors (Lipinski definition) is 3. The first-order chi connectivity index (χ1) is 11.1. The second-order valence-corrected chi connectivity index (χ2v) is 5.06. The van der Waals surface area contributed by atoms with Crippen LogP contribution in [0.3, 0.4) is 0 Å². The second kappa shape index (κ2) is 5.81. The maximum Gasteiger partial charge on any atom is 0.338 e. The molecule has 3 aromatic rings. The fourth-order valence-corrected chi connectivity index (χ4v) is 2.51. The molecule has 0 bridgehead atoms. The van der Waals surface area contributed by atoms with Crippen LogP contribution in [0.25, 0.3) is 10.8 Å². The van der Waals surface area contributed by atoms with Crippen molar-refractivity contribution in [3.05, 3.63) is 71.8 Å². The first-order valence-electron chi connectivity index (χ1n) is 6.99. The fourth-order valence-electron chi connectivity index (χ4n) is 2.51. The summed E-state index contributed by atoms with van der Waals surface area (Å²) >= 11 is 0. The van der Waals surface area contributed by atoms with Crippen LogP contribution in [0.4, 0.5) is 11.4 Å². The van der Waals surface area contributed by atoms with Gasteiger partial charge in [0.1, 0.15) is 0 Å². The molecule has 3 aromatic carbocycles. The average Bonchev–Trinajstić information content (AvgIpc) is 2.55. The molecule has 0 aliphatic rings. The number of nitrogen functional groups attached to an aromatic ring is 1. The summed E-state index contributed by atoms with van der Waals surface area (Å²) in [4.78, 5) is 23.9. The molecular formula is C18H14N2O3. The van der Waals surface area contributed by atoms with E-state index in [4.69, 9.17) is 5.73 Å². The zero-order chi connectivity index (χ0) is 16.4. The molecule has 1 amide bonds. The van der Waals surface area contributed by atoms with Crippen LogP contribution >= 0.6 is 0 Å². The van der Waals surface area contributed by atoms with E-state index in [1.165, 1.54) is 0 Å². The number of amides is 1. The molecule has 0 aliphatic heterocycles. The number of fused-ring (bicyclic) bond motifs is 1. The summed E-state index contributed by atoms with van der Waals surface area (Å²) in [5, 5.41) is 13.3. The number of carboxylic acid groups (broad SMARTS) is 1. The third-order valence-electron chi connectivity index (χ3n) is 3.58. The van der Waals surface area contributed by atoms with Gasteiger partial charge in [-0.25, -0.2) is 4.79 Å². The van der Waals surface area contributed by atoms with E-state index < -0.39 is 5.97 Å². The molecule has 0 aliphatic carbocycles. The second-order valence-electron chi connectivity index (χ2n) is 5.06. The van der Waals surface area contributed by atoms with Gasteiger partial charge in [0.05, 0.1) is 5.56 Å². The smallest absolute Gasteiger partial charge is 0.338 e. The number of nitrogens with two attached hydrogens (primary N) is 1. The highest BCUT2D eigenvalue weighted by molar-refractivity contribution is 6.16. The lowest BCUT2D eigenvalue weighted by atomic mass is 10.0. The van der Waals surface area contributed by atoms with Gasteiger partial charge in [-0.1, -0.05) is 36.4 Å². The number of anilines is 2. The minimum absolute atomic E-state index is 0.00791. The van der Waals surface area contributed by atoms with E-state index in [1.54, 1.807) is 54.6 Å². The number of carboxylic acids is 1. The number of carbonyl (C=O) groups is 2. The van der Waals surface area contributed by atoms with Gasteiger partial charge >= 0.3 is 5.97 Å². The zero-order valence-electron chi connectivity index (χ0n) is 12.1. The van der Waals surface area contributed by atoms with Crippen LogP contribution in [0.2, 0.25) is 0 Å². The van der Waals surface area contributed by atoms with Crippen LogP contribution in [-0.4, -0.2) is 17.0 Å². The molecular weight excluding hydrogens is 292 g/mol. The first kappa shape index (κ1) is 14.6. The Morgan fingerprint density at radius 3 is 2.35 bits per heavy atom. The van der Waals surface area contributed by atoms with E-state index in [0.717, 1.165) is 0 Å². The van der Waals surface area contributed by atoms with Crippen LogP contribution in [0, 0.1) is 0 Å². The van der Waals surface area contributed by atoms with E-state index in [-0.39, 0.29) is 17.2 Å². The summed E-state index contributed by atoms with van der Waals surface area (Å²) in [6.07, 6.45) is 0. The van der Waals surface area contributed by atoms with Crippen molar-refractivity contribution in [2.75, 3.05) is 11.1 Å². The van der Waals surface area contributed by atoms with E-state index in [1.807, 2.05) is 6.07 Å². The first-order valence-corrected chi connectivity index (χ1v) is 6.99. The standard InChI is InChI=1S/C18H14N2O3/c19-13-10-9-11-7-4-8-14(15(11)16(13)18(22)23)20-17(21)12-5-2-1-3-6-12/h1-10H,19H2,(H,20,21)(H,22,23). The molecule has 5 nitrogen and oxygen atoms in total. The third kappa shape index (κ3) is 2.72. The molecule has 0 atom stereocenters. The topological polar surface area (TPSA) is 92.4 Å². The Labute approximate surface area is 132 Å². The normalized spacial score (nSPS) is 10.4. The highest BCUT2D eigenvalue weighted by Gasteiger charge is 2.17. The zero-order valence-corrected chi connectivity index (χ0v) is 12.1. The van der Waals surface area contributed by atoms with Crippen LogP contribution in [0.5, 0.6) is 0 Å². The molecule has 23 heavy (non-hydrogen) atoms. The van der Waals surface area contributed by atoms with Gasteiger partial charge in [0.25, 0.3) is 5.91 Å². The van der Waals surface area contributed by atoms with Gasteiger partial charge in [-0.15, -0.1) is 0 Å². The van der Waals surface area contributed by atoms with E-state index in [0.29, 0.717) is 22.0 Å². The lowest BCUT2D eigenvalue weighted by molar-refractivity contribution is 0.0700. The molecule has 0 saturated heterocycles. The van der Waals surface area contributed by atoms with Gasteiger partial charge in [0.15, 0.2) is 0 Å². The maximum atomic E-state index is 12.3. The summed E-state index contributed by atoms with van der Waals surface area (Å²) in [5.74, 6) is -1.44.